The number of hydrogen-bond acceptors (Lipinski definition) is 4. The fourth-order valence-corrected chi connectivity index (χ4v) is 2.07. The van der Waals surface area contributed by atoms with Gasteiger partial charge in [-0.15, -0.1) is 0 Å². The van der Waals surface area contributed by atoms with Crippen LogP contribution in [-0.4, -0.2) is 28.8 Å². The first kappa shape index (κ1) is 15.9. The summed E-state index contributed by atoms with van der Waals surface area (Å²) in [5, 5.41) is 9.26. The number of nitrogens with zero attached hydrogens (tertiary/aromatic N) is 1. The number of amides is 1. The molecule has 1 unspecified atom stereocenters. The lowest BCUT2D eigenvalue weighted by molar-refractivity contribution is -0.126. The van der Waals surface area contributed by atoms with Crippen LogP contribution in [-0.2, 0) is 9.53 Å². The maximum Gasteiger partial charge on any atom is 0.264 e. The van der Waals surface area contributed by atoms with E-state index in [1.165, 1.54) is 6.07 Å². The number of aromatic nitrogens is 2. The predicted octanol–water partition coefficient (Wildman–Crippen LogP) is 2.11. The summed E-state index contributed by atoms with van der Waals surface area (Å²) < 4.78 is 5.24. The zero-order chi connectivity index (χ0) is 16.1. The predicted molar refractivity (Wildman–Crippen MR) is 84.7 cm³/mol. The summed E-state index contributed by atoms with van der Waals surface area (Å²) in [5.41, 5.74) is 2.83. The van der Waals surface area contributed by atoms with Gasteiger partial charge in [0.2, 0.25) is 0 Å². The van der Waals surface area contributed by atoms with Gasteiger partial charge in [-0.3, -0.25) is 9.59 Å². The van der Waals surface area contributed by atoms with Crippen molar-refractivity contribution in [2.45, 2.75) is 26.9 Å². The van der Waals surface area contributed by atoms with E-state index in [1.54, 1.807) is 19.1 Å². The van der Waals surface area contributed by atoms with Crippen molar-refractivity contribution in [1.82, 2.24) is 10.2 Å². The van der Waals surface area contributed by atoms with E-state index >= 15 is 0 Å². The van der Waals surface area contributed by atoms with Gasteiger partial charge in [-0.2, -0.15) is 5.10 Å². The zero-order valence-corrected chi connectivity index (χ0v) is 12.8. The van der Waals surface area contributed by atoms with Gasteiger partial charge in [0.25, 0.3) is 11.5 Å². The molecule has 6 nitrogen and oxygen atoms in total. The molecule has 22 heavy (non-hydrogen) atoms. The smallest absolute Gasteiger partial charge is 0.264 e. The number of hydrogen-bond donors (Lipinski definition) is 2. The number of H-pyrrole nitrogens is 1. The van der Waals surface area contributed by atoms with Crippen molar-refractivity contribution in [1.29, 1.82) is 0 Å². The maximum atomic E-state index is 11.9. The van der Waals surface area contributed by atoms with Crippen LogP contribution in [0.1, 0.15) is 19.4 Å². The van der Waals surface area contributed by atoms with E-state index in [1.807, 2.05) is 26.0 Å². The molecule has 0 fully saturated rings. The lowest BCUT2D eigenvalue weighted by atomic mass is 10.1. The lowest BCUT2D eigenvalue weighted by Gasteiger charge is -2.12. The van der Waals surface area contributed by atoms with Crippen molar-refractivity contribution >= 4 is 11.6 Å². The molecule has 116 valence electrons. The highest BCUT2D eigenvalue weighted by Gasteiger charge is 2.12. The molecule has 2 rings (SSSR count). The van der Waals surface area contributed by atoms with Gasteiger partial charge in [0.1, 0.15) is 6.10 Å². The molecule has 0 aliphatic rings. The van der Waals surface area contributed by atoms with Crippen LogP contribution in [0.25, 0.3) is 11.3 Å². The maximum absolute atomic E-state index is 11.9. The van der Waals surface area contributed by atoms with Crippen LogP contribution in [0.2, 0.25) is 0 Å². The van der Waals surface area contributed by atoms with Gasteiger partial charge in [0.05, 0.1) is 5.69 Å². The Bertz CT molecular complexity index is 707. The quantitative estimate of drug-likeness (QED) is 0.886. The Morgan fingerprint density at radius 1 is 1.36 bits per heavy atom. The van der Waals surface area contributed by atoms with Gasteiger partial charge >= 0.3 is 0 Å². The van der Waals surface area contributed by atoms with Crippen LogP contribution < -0.4 is 10.9 Å². The lowest BCUT2D eigenvalue weighted by Crippen LogP contribution is -2.27. The fraction of sp³-hybridized carbons (Fsp3) is 0.312. The second kappa shape index (κ2) is 7.00. The molecule has 0 saturated carbocycles. The SMILES string of the molecule is CCOC(C)C(=O)Nc1ccc(-c2n[nH]c(=O)cc2C)cc1. The molecule has 1 amide bonds. The molecular weight excluding hydrogens is 282 g/mol. The number of nitrogens with one attached hydrogen (secondary N) is 2. The highest BCUT2D eigenvalue weighted by molar-refractivity contribution is 5.94. The van der Waals surface area contributed by atoms with E-state index in [4.69, 9.17) is 4.74 Å². The zero-order valence-electron chi connectivity index (χ0n) is 12.8. The second-order valence-electron chi connectivity index (χ2n) is 4.93. The van der Waals surface area contributed by atoms with Crippen LogP contribution in [0.15, 0.2) is 35.1 Å². The summed E-state index contributed by atoms with van der Waals surface area (Å²) in [6, 6.07) is 8.77. The standard InChI is InChI=1S/C16H19N3O3/c1-4-22-11(3)16(21)17-13-7-5-12(6-8-13)15-10(2)9-14(20)18-19-15/h5-9,11H,4H2,1-3H3,(H,17,21)(H,18,20). The summed E-state index contributed by atoms with van der Waals surface area (Å²) in [6.07, 6.45) is -0.493. The summed E-state index contributed by atoms with van der Waals surface area (Å²) in [4.78, 5) is 23.0. The van der Waals surface area contributed by atoms with Crippen LogP contribution in [0.4, 0.5) is 5.69 Å². The monoisotopic (exact) mass is 301 g/mol. The molecule has 0 bridgehead atoms. The first-order valence-electron chi connectivity index (χ1n) is 7.10. The van der Waals surface area contributed by atoms with Crippen molar-refractivity contribution in [2.75, 3.05) is 11.9 Å². The third-order valence-electron chi connectivity index (χ3n) is 3.21. The number of carbonyl (C=O) groups is 1. The van der Waals surface area contributed by atoms with Gasteiger partial charge in [-0.25, -0.2) is 5.10 Å². The minimum Gasteiger partial charge on any atom is -0.369 e. The van der Waals surface area contributed by atoms with Crippen LogP contribution in [0.3, 0.4) is 0 Å². The van der Waals surface area contributed by atoms with Crippen molar-refractivity contribution in [3.63, 3.8) is 0 Å². The number of aryl methyl sites for hydroxylation is 1. The number of ether oxygens (including phenoxy) is 1. The van der Waals surface area contributed by atoms with Crippen LogP contribution >= 0.6 is 0 Å². The van der Waals surface area contributed by atoms with E-state index in [-0.39, 0.29) is 11.5 Å². The number of carbonyl (C=O) groups excluding carboxylic acids is 1. The summed E-state index contributed by atoms with van der Waals surface area (Å²) >= 11 is 0. The fourth-order valence-electron chi connectivity index (χ4n) is 2.07. The minimum atomic E-state index is -0.493. The minimum absolute atomic E-state index is 0.187. The Kier molecular flexibility index (Phi) is 5.06. The summed E-state index contributed by atoms with van der Waals surface area (Å²) in [7, 11) is 0. The van der Waals surface area contributed by atoms with Gasteiger partial charge < -0.3 is 10.1 Å². The topological polar surface area (TPSA) is 84.1 Å². The molecule has 0 aliphatic heterocycles. The van der Waals surface area contributed by atoms with E-state index in [0.29, 0.717) is 18.0 Å². The van der Waals surface area contributed by atoms with Gasteiger partial charge in [-0.05, 0) is 38.5 Å². The van der Waals surface area contributed by atoms with Gasteiger partial charge in [-0.1, -0.05) is 12.1 Å². The first-order valence-corrected chi connectivity index (χ1v) is 7.10. The summed E-state index contributed by atoms with van der Waals surface area (Å²) in [5.74, 6) is -0.187. The number of rotatable bonds is 5. The van der Waals surface area contributed by atoms with E-state index in [2.05, 4.69) is 15.5 Å². The van der Waals surface area contributed by atoms with Gasteiger partial charge in [0, 0.05) is 23.9 Å². The molecule has 1 heterocycles. The van der Waals surface area contributed by atoms with Crippen molar-refractivity contribution in [3.05, 3.63) is 46.2 Å². The highest BCUT2D eigenvalue weighted by Crippen LogP contribution is 2.21. The molecule has 2 N–H and O–H groups in total. The molecule has 0 spiro atoms. The molecule has 0 radical (unpaired) electrons. The van der Waals surface area contributed by atoms with Crippen molar-refractivity contribution in [3.8, 4) is 11.3 Å². The van der Waals surface area contributed by atoms with Crippen molar-refractivity contribution < 1.29 is 9.53 Å². The average Bonchev–Trinajstić information content (AvgIpc) is 2.48. The van der Waals surface area contributed by atoms with Crippen LogP contribution in [0.5, 0.6) is 0 Å². The van der Waals surface area contributed by atoms with Crippen molar-refractivity contribution in [2.24, 2.45) is 0 Å². The molecule has 6 heteroatoms. The molecule has 0 saturated heterocycles. The Morgan fingerprint density at radius 2 is 2.05 bits per heavy atom. The van der Waals surface area contributed by atoms with E-state index in [9.17, 15) is 9.59 Å². The average molecular weight is 301 g/mol. The molecule has 0 aliphatic carbocycles. The number of aromatic amines is 1. The number of benzene rings is 1. The number of anilines is 1. The second-order valence-corrected chi connectivity index (χ2v) is 4.93. The Hall–Kier alpha value is -2.47. The normalized spacial score (nSPS) is 12.0. The van der Waals surface area contributed by atoms with E-state index in [0.717, 1.165) is 11.1 Å². The molecule has 2 aromatic rings. The third kappa shape index (κ3) is 3.79. The Labute approximate surface area is 128 Å². The largest absolute Gasteiger partial charge is 0.369 e. The van der Waals surface area contributed by atoms with Gasteiger partial charge in [0.15, 0.2) is 0 Å². The Balaban J connectivity index is 2.13. The first-order chi connectivity index (χ1) is 10.5. The Morgan fingerprint density at radius 3 is 2.64 bits per heavy atom. The summed E-state index contributed by atoms with van der Waals surface area (Å²) in [6.45, 7) is 5.88. The molecule has 1 aromatic carbocycles. The molecule has 1 atom stereocenters. The highest BCUT2D eigenvalue weighted by atomic mass is 16.5. The molecule has 1 aromatic heterocycles. The van der Waals surface area contributed by atoms with Crippen LogP contribution in [0, 0.1) is 6.92 Å². The van der Waals surface area contributed by atoms with E-state index < -0.39 is 6.10 Å². The molecular formula is C16H19N3O3. The third-order valence-corrected chi connectivity index (χ3v) is 3.21.